The molecule has 0 aromatic carbocycles. The highest BCUT2D eigenvalue weighted by atomic mass is 35.5. The number of aromatic nitrogens is 1. The number of hydrogen-bond donors (Lipinski definition) is 0. The van der Waals surface area contributed by atoms with E-state index < -0.39 is 0 Å². The van der Waals surface area contributed by atoms with Gasteiger partial charge in [0, 0.05) is 0 Å². The number of halogens is 1. The lowest BCUT2D eigenvalue weighted by molar-refractivity contribution is 1.34. The minimum Gasteiger partial charge on any atom is -0.253 e. The van der Waals surface area contributed by atoms with Gasteiger partial charge in [-0.2, -0.15) is 0 Å². The summed E-state index contributed by atoms with van der Waals surface area (Å²) in [7, 11) is 5.36. The number of pyridine rings is 1. The number of hydrogen-bond acceptors (Lipinski definition) is 1. The first-order valence-electron chi connectivity index (χ1n) is 2.58. The van der Waals surface area contributed by atoms with Crippen LogP contribution < -0.4 is 5.59 Å². The van der Waals surface area contributed by atoms with Gasteiger partial charge in [0.2, 0.25) is 0 Å². The van der Waals surface area contributed by atoms with Crippen LogP contribution in [0.3, 0.4) is 0 Å². The highest BCUT2D eigenvalue weighted by Crippen LogP contribution is 2.02. The molecule has 9 heavy (non-hydrogen) atoms. The average molecular weight is 137 g/mol. The van der Waals surface area contributed by atoms with Crippen LogP contribution in [-0.4, -0.2) is 12.8 Å². The highest BCUT2D eigenvalue weighted by molar-refractivity contribution is 6.33. The fourth-order valence-corrected chi connectivity index (χ4v) is 0.920. The standard InChI is InChI=1S/C6H5BClN/c1-4-2-5(7)9-6(8)3-4/h2-3H,1H3. The Morgan fingerprint density at radius 1 is 1.56 bits per heavy atom. The second kappa shape index (κ2) is 2.40. The second-order valence-electron chi connectivity index (χ2n) is 1.89. The van der Waals surface area contributed by atoms with E-state index >= 15 is 0 Å². The lowest BCUT2D eigenvalue weighted by atomic mass is 10.0. The third-order valence-electron chi connectivity index (χ3n) is 0.958. The summed E-state index contributed by atoms with van der Waals surface area (Å²) in [6.45, 7) is 1.92. The number of nitrogens with zero attached hydrogens (tertiary/aromatic N) is 1. The van der Waals surface area contributed by atoms with E-state index in [4.69, 9.17) is 19.4 Å². The van der Waals surface area contributed by atoms with Gasteiger partial charge in [0.05, 0.1) is 0 Å². The van der Waals surface area contributed by atoms with Crippen molar-refractivity contribution in [3.8, 4) is 0 Å². The second-order valence-corrected chi connectivity index (χ2v) is 2.28. The van der Waals surface area contributed by atoms with Crippen molar-refractivity contribution in [2.24, 2.45) is 0 Å². The van der Waals surface area contributed by atoms with Crippen molar-refractivity contribution >= 4 is 25.0 Å². The highest BCUT2D eigenvalue weighted by Gasteiger charge is 1.90. The van der Waals surface area contributed by atoms with Gasteiger partial charge in [0.1, 0.15) is 13.0 Å². The molecule has 0 saturated carbocycles. The van der Waals surface area contributed by atoms with E-state index in [-0.39, 0.29) is 0 Å². The predicted octanol–water partition coefficient (Wildman–Crippen LogP) is 0.837. The minimum absolute atomic E-state index is 0.451. The van der Waals surface area contributed by atoms with Crippen molar-refractivity contribution in [2.75, 3.05) is 0 Å². The van der Waals surface area contributed by atoms with Crippen molar-refractivity contribution in [1.82, 2.24) is 4.98 Å². The van der Waals surface area contributed by atoms with Gasteiger partial charge in [-0.05, 0) is 30.2 Å². The zero-order valence-corrected chi connectivity index (χ0v) is 5.81. The number of aryl methyl sites for hydroxylation is 1. The SMILES string of the molecule is [B]c1cc(C)cc(Cl)n1. The van der Waals surface area contributed by atoms with Crippen LogP contribution in [0.2, 0.25) is 5.15 Å². The lowest BCUT2D eigenvalue weighted by Crippen LogP contribution is -2.07. The summed E-state index contributed by atoms with van der Waals surface area (Å²) >= 11 is 5.56. The van der Waals surface area contributed by atoms with E-state index in [1.54, 1.807) is 12.1 Å². The van der Waals surface area contributed by atoms with Crippen molar-refractivity contribution in [3.63, 3.8) is 0 Å². The zero-order chi connectivity index (χ0) is 6.85. The van der Waals surface area contributed by atoms with Crippen LogP contribution in [0.1, 0.15) is 5.56 Å². The molecule has 0 spiro atoms. The first kappa shape index (κ1) is 6.62. The Morgan fingerprint density at radius 2 is 2.22 bits per heavy atom. The molecule has 3 heteroatoms. The molecule has 0 bridgehead atoms. The summed E-state index contributed by atoms with van der Waals surface area (Å²) in [4.78, 5) is 3.78. The lowest BCUT2D eigenvalue weighted by Gasteiger charge is -1.94. The number of rotatable bonds is 0. The first-order valence-corrected chi connectivity index (χ1v) is 2.96. The van der Waals surface area contributed by atoms with Crippen LogP contribution in [0.4, 0.5) is 0 Å². The first-order chi connectivity index (χ1) is 4.18. The molecule has 1 nitrogen and oxygen atoms in total. The predicted molar refractivity (Wildman–Crippen MR) is 39.4 cm³/mol. The fraction of sp³-hybridized carbons (Fsp3) is 0.167. The molecular weight excluding hydrogens is 132 g/mol. The van der Waals surface area contributed by atoms with E-state index in [1.165, 1.54) is 0 Å². The molecule has 0 fully saturated rings. The van der Waals surface area contributed by atoms with Gasteiger partial charge in [-0.15, -0.1) is 0 Å². The molecule has 1 aromatic rings. The van der Waals surface area contributed by atoms with Crippen molar-refractivity contribution in [2.45, 2.75) is 6.92 Å². The van der Waals surface area contributed by atoms with E-state index in [2.05, 4.69) is 4.98 Å². The van der Waals surface area contributed by atoms with Gasteiger partial charge in [-0.25, -0.2) is 0 Å². The summed E-state index contributed by atoms with van der Waals surface area (Å²) in [5.41, 5.74) is 1.51. The molecule has 44 valence electrons. The Hall–Kier alpha value is -0.495. The van der Waals surface area contributed by atoms with Crippen molar-refractivity contribution in [3.05, 3.63) is 22.8 Å². The Balaban J connectivity index is 3.17. The van der Waals surface area contributed by atoms with Gasteiger partial charge >= 0.3 is 0 Å². The monoisotopic (exact) mass is 137 g/mol. The maximum Gasteiger partial charge on any atom is 0.141 e. The summed E-state index contributed by atoms with van der Waals surface area (Å²) in [6, 6.07) is 3.53. The molecule has 1 aromatic heterocycles. The molecule has 0 aliphatic heterocycles. The van der Waals surface area contributed by atoms with Gasteiger partial charge in [-0.1, -0.05) is 11.6 Å². The summed E-state index contributed by atoms with van der Waals surface area (Å²) in [5.74, 6) is 0. The van der Waals surface area contributed by atoms with Crippen molar-refractivity contribution < 1.29 is 0 Å². The molecule has 0 amide bonds. The van der Waals surface area contributed by atoms with Crippen LogP contribution in [0.5, 0.6) is 0 Å². The van der Waals surface area contributed by atoms with Crippen molar-refractivity contribution in [1.29, 1.82) is 0 Å². The molecule has 0 aliphatic carbocycles. The van der Waals surface area contributed by atoms with E-state index in [0.717, 1.165) is 5.56 Å². The largest absolute Gasteiger partial charge is 0.253 e. The van der Waals surface area contributed by atoms with E-state index in [1.807, 2.05) is 6.92 Å². The normalized spacial score (nSPS) is 9.56. The Morgan fingerprint density at radius 3 is 2.67 bits per heavy atom. The molecule has 1 heterocycles. The molecule has 2 radical (unpaired) electrons. The molecular formula is C6H5BClN. The average Bonchev–Trinajstić information content (AvgIpc) is 1.59. The fourth-order valence-electron chi connectivity index (χ4n) is 0.651. The van der Waals surface area contributed by atoms with E-state index in [0.29, 0.717) is 10.7 Å². The molecule has 0 aliphatic rings. The summed E-state index contributed by atoms with van der Waals surface area (Å²) < 4.78 is 0. The third kappa shape index (κ3) is 1.72. The van der Waals surface area contributed by atoms with Gasteiger partial charge in [-0.3, -0.25) is 4.98 Å². The Labute approximate surface area is 60.5 Å². The molecule has 1 rings (SSSR count). The van der Waals surface area contributed by atoms with Crippen LogP contribution in [-0.2, 0) is 0 Å². The van der Waals surface area contributed by atoms with Gasteiger partial charge < -0.3 is 0 Å². The summed E-state index contributed by atoms with van der Waals surface area (Å²) in [5, 5.41) is 0.451. The van der Waals surface area contributed by atoms with Gasteiger partial charge in [0.25, 0.3) is 0 Å². The van der Waals surface area contributed by atoms with Crippen LogP contribution in [0.25, 0.3) is 0 Å². The topological polar surface area (TPSA) is 12.9 Å². The molecule has 0 atom stereocenters. The molecule has 0 N–H and O–H groups in total. The van der Waals surface area contributed by atoms with Crippen LogP contribution >= 0.6 is 11.6 Å². The van der Waals surface area contributed by atoms with E-state index in [9.17, 15) is 0 Å². The summed E-state index contributed by atoms with van der Waals surface area (Å²) in [6.07, 6.45) is 0. The third-order valence-corrected chi connectivity index (χ3v) is 1.15. The Kier molecular flexibility index (Phi) is 1.77. The van der Waals surface area contributed by atoms with Crippen LogP contribution in [0, 0.1) is 6.92 Å². The minimum atomic E-state index is 0.451. The van der Waals surface area contributed by atoms with Crippen LogP contribution in [0.15, 0.2) is 12.1 Å². The molecule has 0 unspecified atom stereocenters. The Bertz CT molecular complexity index is 174. The quantitative estimate of drug-likeness (QED) is 0.381. The zero-order valence-electron chi connectivity index (χ0n) is 5.06. The maximum atomic E-state index is 5.56. The molecule has 0 saturated heterocycles. The smallest absolute Gasteiger partial charge is 0.141 e. The van der Waals surface area contributed by atoms with Gasteiger partial charge in [0.15, 0.2) is 0 Å². The maximum absolute atomic E-state index is 5.56.